The van der Waals surface area contributed by atoms with E-state index in [4.69, 9.17) is 11.6 Å². The molecule has 1 aromatic rings. The maximum atomic E-state index is 13.3. The van der Waals surface area contributed by atoms with Crippen molar-refractivity contribution in [1.29, 1.82) is 0 Å². The number of rotatable bonds is 7. The zero-order valence-corrected chi connectivity index (χ0v) is 20.0. The molecule has 4 rings (SSSR count). The van der Waals surface area contributed by atoms with Crippen LogP contribution in [0.3, 0.4) is 0 Å². The summed E-state index contributed by atoms with van der Waals surface area (Å²) in [4.78, 5) is 31.1. The molecule has 2 aliphatic heterocycles. The molecule has 0 N–H and O–H groups in total. The molecule has 2 amide bonds. The van der Waals surface area contributed by atoms with Gasteiger partial charge < -0.3 is 19.4 Å². The standard InChI is InChI=1S/C24H32ClF2N3O3/c1-17-22(32)29(11-3-4-21(31)28-12-9-24(7-8-24)10-13-28)14-15-30(17)18-5-6-19(25)20(16-18)33-23(2,26)27/h5-6,16-17H,3-4,7-15H2,1-2H3. The van der Waals surface area contributed by atoms with E-state index in [1.54, 1.807) is 17.9 Å². The van der Waals surface area contributed by atoms with Gasteiger partial charge in [0.25, 0.3) is 0 Å². The zero-order chi connectivity index (χ0) is 23.8. The van der Waals surface area contributed by atoms with Crippen LogP contribution in [0.1, 0.15) is 52.4 Å². The number of hydrogen-bond acceptors (Lipinski definition) is 4. The Bertz CT molecular complexity index is 893. The summed E-state index contributed by atoms with van der Waals surface area (Å²) in [7, 11) is 0. The minimum Gasteiger partial charge on any atom is -0.431 e. The van der Waals surface area contributed by atoms with Gasteiger partial charge in [0.15, 0.2) is 0 Å². The first-order valence-corrected chi connectivity index (χ1v) is 12.1. The highest BCUT2D eigenvalue weighted by Crippen LogP contribution is 2.53. The van der Waals surface area contributed by atoms with E-state index in [1.807, 2.05) is 9.80 Å². The molecule has 2 saturated heterocycles. The molecule has 0 bridgehead atoms. The van der Waals surface area contributed by atoms with Crippen LogP contribution in [0, 0.1) is 5.41 Å². The number of alkyl halides is 2. The Kier molecular flexibility index (Phi) is 6.76. The number of amides is 2. The number of carbonyl (C=O) groups is 2. The van der Waals surface area contributed by atoms with Gasteiger partial charge in [0, 0.05) is 57.8 Å². The van der Waals surface area contributed by atoms with Gasteiger partial charge in [-0.05, 0) is 56.6 Å². The topological polar surface area (TPSA) is 53.1 Å². The van der Waals surface area contributed by atoms with Crippen LogP contribution in [0.25, 0.3) is 0 Å². The van der Waals surface area contributed by atoms with E-state index in [2.05, 4.69) is 4.74 Å². The first kappa shape index (κ1) is 24.0. The highest BCUT2D eigenvalue weighted by Gasteiger charge is 2.45. The molecule has 0 radical (unpaired) electrons. The van der Waals surface area contributed by atoms with Crippen molar-refractivity contribution in [2.24, 2.45) is 5.41 Å². The van der Waals surface area contributed by atoms with Gasteiger partial charge in [-0.1, -0.05) is 11.6 Å². The second-order valence-corrected chi connectivity index (χ2v) is 10.1. The number of piperazine rings is 1. The van der Waals surface area contributed by atoms with Crippen molar-refractivity contribution in [3.63, 3.8) is 0 Å². The summed E-state index contributed by atoms with van der Waals surface area (Å²) in [6, 6.07) is 4.19. The Morgan fingerprint density at radius 1 is 1.18 bits per heavy atom. The number of ether oxygens (including phenoxy) is 1. The first-order chi connectivity index (χ1) is 15.6. The van der Waals surface area contributed by atoms with Crippen molar-refractivity contribution in [2.75, 3.05) is 37.6 Å². The maximum absolute atomic E-state index is 13.3. The Morgan fingerprint density at radius 3 is 2.52 bits per heavy atom. The Balaban J connectivity index is 1.28. The van der Waals surface area contributed by atoms with Gasteiger partial charge >= 0.3 is 6.11 Å². The molecule has 1 saturated carbocycles. The number of carbonyl (C=O) groups excluding carboxylic acids is 2. The van der Waals surface area contributed by atoms with Crippen LogP contribution < -0.4 is 9.64 Å². The molecule has 3 fully saturated rings. The molecular formula is C24H32ClF2N3O3. The van der Waals surface area contributed by atoms with E-state index < -0.39 is 12.2 Å². The van der Waals surface area contributed by atoms with Crippen molar-refractivity contribution in [3.8, 4) is 5.75 Å². The third kappa shape index (κ3) is 5.70. The molecule has 6 nitrogen and oxygen atoms in total. The van der Waals surface area contributed by atoms with Crippen LogP contribution in [0.15, 0.2) is 18.2 Å². The van der Waals surface area contributed by atoms with Gasteiger partial charge in [-0.3, -0.25) is 9.59 Å². The predicted octanol–water partition coefficient (Wildman–Crippen LogP) is 4.55. The minimum absolute atomic E-state index is 0.0411. The zero-order valence-electron chi connectivity index (χ0n) is 19.3. The number of benzene rings is 1. The monoisotopic (exact) mass is 483 g/mol. The Labute approximate surface area is 198 Å². The van der Waals surface area contributed by atoms with Gasteiger partial charge in [0.1, 0.15) is 11.8 Å². The molecular weight excluding hydrogens is 452 g/mol. The number of anilines is 1. The van der Waals surface area contributed by atoms with Crippen molar-refractivity contribution < 1.29 is 23.1 Å². The molecule has 1 aromatic carbocycles. The number of halogens is 3. The molecule has 1 atom stereocenters. The Morgan fingerprint density at radius 2 is 1.88 bits per heavy atom. The summed E-state index contributed by atoms with van der Waals surface area (Å²) in [5, 5.41) is 0.0866. The molecule has 1 aliphatic carbocycles. The van der Waals surface area contributed by atoms with Gasteiger partial charge in [-0.15, -0.1) is 0 Å². The fraction of sp³-hybridized carbons (Fsp3) is 0.667. The second-order valence-electron chi connectivity index (χ2n) is 9.70. The first-order valence-electron chi connectivity index (χ1n) is 11.8. The van der Waals surface area contributed by atoms with Crippen LogP contribution in [0.2, 0.25) is 5.02 Å². The molecule has 182 valence electrons. The highest BCUT2D eigenvalue weighted by atomic mass is 35.5. The number of likely N-dealkylation sites (tertiary alicyclic amines) is 1. The molecule has 3 aliphatic rings. The lowest BCUT2D eigenvalue weighted by Crippen LogP contribution is -2.56. The average Bonchev–Trinajstić information content (AvgIpc) is 3.51. The maximum Gasteiger partial charge on any atom is 0.394 e. The summed E-state index contributed by atoms with van der Waals surface area (Å²) >= 11 is 6.00. The van der Waals surface area contributed by atoms with Crippen molar-refractivity contribution in [3.05, 3.63) is 23.2 Å². The number of nitrogens with zero attached hydrogens (tertiary/aromatic N) is 3. The second kappa shape index (κ2) is 9.28. The van der Waals surface area contributed by atoms with Crippen LogP contribution in [-0.4, -0.2) is 66.5 Å². The van der Waals surface area contributed by atoms with E-state index >= 15 is 0 Å². The van der Waals surface area contributed by atoms with Crippen molar-refractivity contribution in [2.45, 2.75) is 64.5 Å². The SMILES string of the molecule is CC1C(=O)N(CCCC(=O)N2CCC3(CC2)CC3)CCN1c1ccc(Cl)c(OC(C)(F)F)c1. The average molecular weight is 484 g/mol. The van der Waals surface area contributed by atoms with Gasteiger partial charge in [-0.25, -0.2) is 0 Å². The fourth-order valence-corrected chi connectivity index (χ4v) is 5.09. The molecule has 33 heavy (non-hydrogen) atoms. The van der Waals surface area contributed by atoms with Crippen LogP contribution in [0.5, 0.6) is 5.75 Å². The molecule has 1 spiro atoms. The molecule has 0 aromatic heterocycles. The lowest BCUT2D eigenvalue weighted by molar-refractivity contribution is -0.158. The summed E-state index contributed by atoms with van der Waals surface area (Å²) in [6.07, 6.45) is 2.64. The third-order valence-corrected chi connectivity index (χ3v) is 7.55. The van der Waals surface area contributed by atoms with Crippen molar-refractivity contribution >= 4 is 29.1 Å². The fourth-order valence-electron chi connectivity index (χ4n) is 4.93. The van der Waals surface area contributed by atoms with Crippen LogP contribution >= 0.6 is 11.6 Å². The predicted molar refractivity (Wildman–Crippen MR) is 123 cm³/mol. The van der Waals surface area contributed by atoms with E-state index in [0.717, 1.165) is 25.9 Å². The van der Waals surface area contributed by atoms with Crippen LogP contribution in [0.4, 0.5) is 14.5 Å². The van der Waals surface area contributed by atoms with E-state index in [1.165, 1.54) is 25.0 Å². The lowest BCUT2D eigenvalue weighted by Gasteiger charge is -2.40. The summed E-state index contributed by atoms with van der Waals surface area (Å²) < 4.78 is 31.3. The lowest BCUT2D eigenvalue weighted by atomic mass is 9.93. The summed E-state index contributed by atoms with van der Waals surface area (Å²) in [5.41, 5.74) is 1.15. The molecule has 2 heterocycles. The Hall–Kier alpha value is -2.09. The van der Waals surface area contributed by atoms with E-state index in [9.17, 15) is 18.4 Å². The van der Waals surface area contributed by atoms with Gasteiger partial charge in [0.05, 0.1) is 5.02 Å². The normalized spacial score (nSPS) is 22.6. The summed E-state index contributed by atoms with van der Waals surface area (Å²) in [6.45, 7) is 5.78. The molecule has 9 heteroatoms. The summed E-state index contributed by atoms with van der Waals surface area (Å²) in [5.74, 6) is 0.0271. The smallest absolute Gasteiger partial charge is 0.394 e. The highest BCUT2D eigenvalue weighted by molar-refractivity contribution is 6.32. The quantitative estimate of drug-likeness (QED) is 0.571. The third-order valence-electron chi connectivity index (χ3n) is 7.24. The number of piperidine rings is 1. The molecule has 1 unspecified atom stereocenters. The van der Waals surface area contributed by atoms with E-state index in [0.29, 0.717) is 50.5 Å². The van der Waals surface area contributed by atoms with Crippen LogP contribution in [-0.2, 0) is 9.59 Å². The van der Waals surface area contributed by atoms with E-state index in [-0.39, 0.29) is 22.6 Å². The van der Waals surface area contributed by atoms with Gasteiger partial charge in [0.2, 0.25) is 11.8 Å². The van der Waals surface area contributed by atoms with Crippen molar-refractivity contribution in [1.82, 2.24) is 9.80 Å². The minimum atomic E-state index is -3.35. The largest absolute Gasteiger partial charge is 0.431 e. The number of hydrogen-bond donors (Lipinski definition) is 0. The van der Waals surface area contributed by atoms with Gasteiger partial charge in [-0.2, -0.15) is 8.78 Å².